The van der Waals surface area contributed by atoms with Crippen LogP contribution in [-0.4, -0.2) is 56.6 Å². The van der Waals surface area contributed by atoms with Gasteiger partial charge in [0.25, 0.3) is 11.3 Å². The normalized spacial score (nSPS) is 14.7. The number of carbonyl (C=O) groups excluding carboxylic acids is 1. The van der Waals surface area contributed by atoms with Crippen molar-refractivity contribution in [2.45, 2.75) is 13.3 Å². The second kappa shape index (κ2) is 6.82. The number of anilines is 1. The Hall–Kier alpha value is -3.23. The van der Waals surface area contributed by atoms with Crippen LogP contribution in [0.15, 0.2) is 35.1 Å². The Morgan fingerprint density at radius 1 is 1.15 bits per heavy atom. The van der Waals surface area contributed by atoms with Gasteiger partial charge in [0.15, 0.2) is 0 Å². The van der Waals surface area contributed by atoms with Gasteiger partial charge in [0.1, 0.15) is 11.6 Å². The minimum absolute atomic E-state index is 0.0578. The lowest BCUT2D eigenvalue weighted by Gasteiger charge is -2.36. The lowest BCUT2D eigenvalue weighted by Crippen LogP contribution is -2.49. The second-order valence-electron chi connectivity index (χ2n) is 6.56. The first-order chi connectivity index (χ1) is 13.0. The molecule has 3 aromatic rings. The molecule has 0 unspecified atom stereocenters. The van der Waals surface area contributed by atoms with E-state index in [0.717, 1.165) is 5.69 Å². The lowest BCUT2D eigenvalue weighted by atomic mass is 10.2. The Bertz CT molecular complexity index is 1030. The number of aromatic amines is 1. The van der Waals surface area contributed by atoms with Crippen LogP contribution >= 0.6 is 0 Å². The van der Waals surface area contributed by atoms with E-state index in [1.54, 1.807) is 24.0 Å². The SMILES string of the molecule is Cc1cc(=O)n2[nH]c(CC(=O)N3CCN(c4ccc(F)cc4)CC3)nc2n1. The fraction of sp³-hybridized carbons (Fsp3) is 0.333. The van der Waals surface area contributed by atoms with Crippen molar-refractivity contribution in [2.24, 2.45) is 0 Å². The summed E-state index contributed by atoms with van der Waals surface area (Å²) in [5.74, 6) is 0.361. The quantitative estimate of drug-likeness (QED) is 0.736. The maximum absolute atomic E-state index is 13.0. The molecule has 1 N–H and O–H groups in total. The van der Waals surface area contributed by atoms with Crippen molar-refractivity contribution in [3.63, 3.8) is 0 Å². The molecule has 1 fully saturated rings. The molecule has 1 aliphatic rings. The molecule has 0 bridgehead atoms. The number of carbonyl (C=O) groups is 1. The van der Waals surface area contributed by atoms with Crippen LogP contribution < -0.4 is 10.5 Å². The van der Waals surface area contributed by atoms with E-state index in [1.807, 2.05) is 0 Å². The third-order valence-corrected chi connectivity index (χ3v) is 4.65. The zero-order chi connectivity index (χ0) is 19.0. The number of hydrogen-bond donors (Lipinski definition) is 1. The summed E-state index contributed by atoms with van der Waals surface area (Å²) in [4.78, 5) is 36.8. The number of benzene rings is 1. The van der Waals surface area contributed by atoms with Crippen LogP contribution in [0, 0.1) is 12.7 Å². The highest BCUT2D eigenvalue weighted by molar-refractivity contribution is 5.78. The summed E-state index contributed by atoms with van der Waals surface area (Å²) in [5, 5.41) is 2.84. The molecule has 0 spiro atoms. The predicted molar refractivity (Wildman–Crippen MR) is 97.2 cm³/mol. The first kappa shape index (κ1) is 17.2. The number of rotatable bonds is 3. The van der Waals surface area contributed by atoms with Crippen molar-refractivity contribution >= 4 is 17.4 Å². The molecule has 0 radical (unpaired) electrons. The van der Waals surface area contributed by atoms with E-state index < -0.39 is 0 Å². The third kappa shape index (κ3) is 3.53. The van der Waals surface area contributed by atoms with Crippen LogP contribution in [0.4, 0.5) is 10.1 Å². The minimum atomic E-state index is -0.262. The molecule has 9 heteroatoms. The van der Waals surface area contributed by atoms with Crippen molar-refractivity contribution in [3.05, 3.63) is 58.0 Å². The molecular weight excluding hydrogens is 351 g/mol. The number of nitrogens with zero attached hydrogens (tertiary/aromatic N) is 5. The zero-order valence-electron chi connectivity index (χ0n) is 14.9. The Labute approximate surface area is 154 Å². The van der Waals surface area contributed by atoms with E-state index in [4.69, 9.17) is 0 Å². The van der Waals surface area contributed by atoms with Crippen molar-refractivity contribution in [1.82, 2.24) is 24.5 Å². The van der Waals surface area contributed by atoms with Gasteiger partial charge < -0.3 is 9.80 Å². The molecule has 0 saturated carbocycles. The molecule has 4 rings (SSSR count). The summed E-state index contributed by atoms with van der Waals surface area (Å²) in [5.41, 5.74) is 1.28. The molecule has 140 valence electrons. The fourth-order valence-electron chi connectivity index (χ4n) is 3.24. The number of aromatic nitrogens is 4. The van der Waals surface area contributed by atoms with Crippen molar-refractivity contribution < 1.29 is 9.18 Å². The molecular formula is C18H19FN6O2. The number of fused-ring (bicyclic) bond motifs is 1. The van der Waals surface area contributed by atoms with Crippen molar-refractivity contribution in [3.8, 4) is 0 Å². The van der Waals surface area contributed by atoms with E-state index in [-0.39, 0.29) is 29.5 Å². The Balaban J connectivity index is 1.40. The first-order valence-electron chi connectivity index (χ1n) is 8.73. The molecule has 3 heterocycles. The summed E-state index contributed by atoms with van der Waals surface area (Å²) in [6, 6.07) is 7.77. The first-order valence-corrected chi connectivity index (χ1v) is 8.73. The largest absolute Gasteiger partial charge is 0.368 e. The van der Waals surface area contributed by atoms with Crippen LogP contribution in [0.3, 0.4) is 0 Å². The highest BCUT2D eigenvalue weighted by Crippen LogP contribution is 2.17. The third-order valence-electron chi connectivity index (χ3n) is 4.65. The summed E-state index contributed by atoms with van der Waals surface area (Å²) < 4.78 is 14.3. The number of hydrogen-bond acceptors (Lipinski definition) is 5. The van der Waals surface area contributed by atoms with Gasteiger partial charge in [0, 0.05) is 43.6 Å². The number of piperazine rings is 1. The van der Waals surface area contributed by atoms with Gasteiger partial charge in [-0.05, 0) is 31.2 Å². The summed E-state index contributed by atoms with van der Waals surface area (Å²) >= 11 is 0. The van der Waals surface area contributed by atoms with E-state index >= 15 is 0 Å². The smallest absolute Gasteiger partial charge is 0.274 e. The standard InChI is InChI=1S/C18H19FN6O2/c1-12-10-17(27)25-18(20-12)21-15(22-25)11-16(26)24-8-6-23(7-9-24)14-4-2-13(19)3-5-14/h2-5,10H,6-9,11H2,1H3,(H,20,21,22). The van der Waals surface area contributed by atoms with Crippen LogP contribution in [-0.2, 0) is 11.2 Å². The van der Waals surface area contributed by atoms with Gasteiger partial charge in [-0.2, -0.15) is 9.50 Å². The van der Waals surface area contributed by atoms with Crippen LogP contribution in [0.5, 0.6) is 0 Å². The van der Waals surface area contributed by atoms with E-state index in [9.17, 15) is 14.0 Å². The van der Waals surface area contributed by atoms with E-state index in [2.05, 4.69) is 20.0 Å². The van der Waals surface area contributed by atoms with Gasteiger partial charge in [-0.3, -0.25) is 14.7 Å². The van der Waals surface area contributed by atoms with Gasteiger partial charge >= 0.3 is 0 Å². The van der Waals surface area contributed by atoms with Crippen molar-refractivity contribution in [1.29, 1.82) is 0 Å². The van der Waals surface area contributed by atoms with Gasteiger partial charge in [0.2, 0.25) is 5.91 Å². The molecule has 2 aromatic heterocycles. The van der Waals surface area contributed by atoms with Gasteiger partial charge in [-0.15, -0.1) is 0 Å². The average Bonchev–Trinajstić information content (AvgIpc) is 3.05. The molecule has 1 aromatic carbocycles. The Morgan fingerprint density at radius 2 is 1.85 bits per heavy atom. The maximum Gasteiger partial charge on any atom is 0.274 e. The summed E-state index contributed by atoms with van der Waals surface area (Å²) in [6.07, 6.45) is 0.0817. The van der Waals surface area contributed by atoms with Crippen LogP contribution in [0.1, 0.15) is 11.5 Å². The van der Waals surface area contributed by atoms with Crippen molar-refractivity contribution in [2.75, 3.05) is 31.1 Å². The molecule has 1 saturated heterocycles. The molecule has 27 heavy (non-hydrogen) atoms. The lowest BCUT2D eigenvalue weighted by molar-refractivity contribution is -0.130. The number of nitrogens with one attached hydrogen (secondary N) is 1. The number of amides is 1. The number of halogens is 1. The maximum atomic E-state index is 13.0. The molecule has 0 atom stereocenters. The number of H-pyrrole nitrogens is 1. The van der Waals surface area contributed by atoms with Crippen LogP contribution in [0.25, 0.3) is 5.78 Å². The summed E-state index contributed by atoms with van der Waals surface area (Å²) in [7, 11) is 0. The molecule has 1 aliphatic heterocycles. The van der Waals surface area contributed by atoms with E-state index in [0.29, 0.717) is 37.7 Å². The topological polar surface area (TPSA) is 86.6 Å². The molecule has 8 nitrogen and oxygen atoms in total. The number of aryl methyl sites for hydroxylation is 1. The second-order valence-corrected chi connectivity index (χ2v) is 6.56. The highest BCUT2D eigenvalue weighted by atomic mass is 19.1. The van der Waals surface area contributed by atoms with Gasteiger partial charge in [-0.25, -0.2) is 9.37 Å². The zero-order valence-corrected chi connectivity index (χ0v) is 14.9. The van der Waals surface area contributed by atoms with Gasteiger partial charge in [-0.1, -0.05) is 0 Å². The monoisotopic (exact) mass is 370 g/mol. The Morgan fingerprint density at radius 3 is 2.56 bits per heavy atom. The fourth-order valence-corrected chi connectivity index (χ4v) is 3.24. The minimum Gasteiger partial charge on any atom is -0.368 e. The average molecular weight is 370 g/mol. The molecule has 0 aliphatic carbocycles. The predicted octanol–water partition coefficient (Wildman–Crippen LogP) is 0.756. The molecule has 1 amide bonds. The summed E-state index contributed by atoms with van der Waals surface area (Å²) in [6.45, 7) is 4.23. The van der Waals surface area contributed by atoms with E-state index in [1.165, 1.54) is 22.7 Å². The highest BCUT2D eigenvalue weighted by Gasteiger charge is 2.22. The van der Waals surface area contributed by atoms with Gasteiger partial charge in [0.05, 0.1) is 6.42 Å². The van der Waals surface area contributed by atoms with Crippen LogP contribution in [0.2, 0.25) is 0 Å². The Kier molecular flexibility index (Phi) is 4.35.